The van der Waals surface area contributed by atoms with E-state index in [1.165, 1.54) is 0 Å². The van der Waals surface area contributed by atoms with Crippen LogP contribution in [0.4, 0.5) is 0 Å². The Bertz CT molecular complexity index is 823. The molecule has 0 aliphatic heterocycles. The van der Waals surface area contributed by atoms with E-state index in [2.05, 4.69) is 27.7 Å². The Morgan fingerprint density at radius 1 is 1.38 bits per heavy atom. The van der Waals surface area contributed by atoms with Crippen molar-refractivity contribution < 1.29 is 9.53 Å². The van der Waals surface area contributed by atoms with Gasteiger partial charge in [0.15, 0.2) is 10.6 Å². The summed E-state index contributed by atoms with van der Waals surface area (Å²) >= 11 is 5.32. The Morgan fingerprint density at radius 2 is 2.19 bits per heavy atom. The zero-order chi connectivity index (χ0) is 18.4. The molecule has 2 N–H and O–H groups in total. The summed E-state index contributed by atoms with van der Waals surface area (Å²) < 4.78 is 7.56. The molecule has 0 fully saturated rings. The Kier molecular flexibility index (Phi) is 6.22. The lowest BCUT2D eigenvalue weighted by atomic mass is 9.94. The minimum Gasteiger partial charge on any atom is -0.497 e. The maximum Gasteiger partial charge on any atom is 0.221 e. The molecule has 1 atom stereocenters. The summed E-state index contributed by atoms with van der Waals surface area (Å²) in [6.45, 7) is 1.23. The van der Waals surface area contributed by atoms with Gasteiger partial charge in [0.25, 0.3) is 0 Å². The molecule has 1 heterocycles. The van der Waals surface area contributed by atoms with Crippen LogP contribution in [0.25, 0.3) is 11.4 Å². The number of allylic oxidation sites excluding steroid dienone is 2. The third kappa shape index (κ3) is 4.60. The van der Waals surface area contributed by atoms with Crippen LogP contribution in [0.2, 0.25) is 0 Å². The Labute approximate surface area is 158 Å². The fraction of sp³-hybridized carbons (Fsp3) is 0.421. The summed E-state index contributed by atoms with van der Waals surface area (Å²) in [5.74, 6) is 2.10. The maximum atomic E-state index is 12.2. The third-order valence-electron chi connectivity index (χ3n) is 4.63. The van der Waals surface area contributed by atoms with Gasteiger partial charge in [-0.1, -0.05) is 12.2 Å². The zero-order valence-electron chi connectivity index (χ0n) is 14.9. The van der Waals surface area contributed by atoms with E-state index in [0.29, 0.717) is 23.7 Å². The van der Waals surface area contributed by atoms with Crippen LogP contribution in [-0.4, -0.2) is 34.3 Å². The molecule has 0 bridgehead atoms. The second-order valence-corrected chi connectivity index (χ2v) is 6.82. The maximum absolute atomic E-state index is 12.2. The number of carbonyl (C=O) groups is 1. The smallest absolute Gasteiger partial charge is 0.221 e. The summed E-state index contributed by atoms with van der Waals surface area (Å²) in [6, 6.07) is 7.61. The van der Waals surface area contributed by atoms with Gasteiger partial charge in [0, 0.05) is 25.1 Å². The fourth-order valence-corrected chi connectivity index (χ4v) is 3.31. The van der Waals surface area contributed by atoms with Gasteiger partial charge in [-0.05, 0) is 61.7 Å². The Morgan fingerprint density at radius 3 is 2.88 bits per heavy atom. The molecule has 6 nitrogen and oxygen atoms in total. The van der Waals surface area contributed by atoms with E-state index in [0.717, 1.165) is 42.9 Å². The first-order valence-electron chi connectivity index (χ1n) is 8.88. The average molecular weight is 372 g/mol. The molecular formula is C19H24N4O2S. The highest BCUT2D eigenvalue weighted by molar-refractivity contribution is 7.71. The van der Waals surface area contributed by atoms with Crippen molar-refractivity contribution in [3.8, 4) is 17.1 Å². The lowest BCUT2D eigenvalue weighted by molar-refractivity contribution is -0.121. The molecule has 1 unspecified atom stereocenters. The highest BCUT2D eigenvalue weighted by Crippen LogP contribution is 2.21. The molecule has 2 aromatic rings. The molecule has 7 heteroatoms. The number of methoxy groups -OCH3 is 1. The first-order valence-corrected chi connectivity index (χ1v) is 9.29. The van der Waals surface area contributed by atoms with E-state index in [1.54, 1.807) is 7.11 Å². The van der Waals surface area contributed by atoms with Gasteiger partial charge in [-0.15, -0.1) is 0 Å². The minimum atomic E-state index is 0.0448. The van der Waals surface area contributed by atoms with Gasteiger partial charge >= 0.3 is 0 Å². The monoisotopic (exact) mass is 372 g/mol. The van der Waals surface area contributed by atoms with Crippen LogP contribution in [0.1, 0.15) is 25.7 Å². The first kappa shape index (κ1) is 18.4. The fourth-order valence-electron chi connectivity index (χ4n) is 3.09. The van der Waals surface area contributed by atoms with Crippen LogP contribution >= 0.6 is 12.2 Å². The summed E-state index contributed by atoms with van der Waals surface area (Å²) in [6.07, 6.45) is 8.08. The van der Waals surface area contributed by atoms with Gasteiger partial charge in [0.2, 0.25) is 5.91 Å². The summed E-state index contributed by atoms with van der Waals surface area (Å²) in [7, 11) is 1.63. The molecule has 3 rings (SSSR count). The van der Waals surface area contributed by atoms with Crippen LogP contribution in [0.15, 0.2) is 36.4 Å². The predicted molar refractivity (Wildman–Crippen MR) is 104 cm³/mol. The number of benzene rings is 1. The molecule has 0 saturated heterocycles. The van der Waals surface area contributed by atoms with Crippen molar-refractivity contribution in [3.63, 3.8) is 0 Å². The molecule has 1 aromatic heterocycles. The van der Waals surface area contributed by atoms with E-state index in [9.17, 15) is 4.79 Å². The number of carbonyl (C=O) groups excluding carboxylic acids is 1. The highest BCUT2D eigenvalue weighted by atomic mass is 32.1. The summed E-state index contributed by atoms with van der Waals surface area (Å²) in [5, 5.41) is 10.2. The number of amides is 1. The lowest BCUT2D eigenvalue weighted by Crippen LogP contribution is -2.30. The molecule has 26 heavy (non-hydrogen) atoms. The second kappa shape index (κ2) is 8.80. The molecule has 0 saturated carbocycles. The zero-order valence-corrected chi connectivity index (χ0v) is 15.7. The molecule has 0 radical (unpaired) electrons. The van der Waals surface area contributed by atoms with Crippen molar-refractivity contribution in [2.75, 3.05) is 13.7 Å². The van der Waals surface area contributed by atoms with Crippen LogP contribution in [-0.2, 0) is 11.3 Å². The molecule has 1 aromatic carbocycles. The number of nitrogens with zero attached hydrogens (tertiary/aromatic N) is 2. The van der Waals surface area contributed by atoms with Crippen LogP contribution in [0.5, 0.6) is 5.75 Å². The number of hydrogen-bond donors (Lipinski definition) is 2. The van der Waals surface area contributed by atoms with Crippen molar-refractivity contribution in [2.24, 2.45) is 5.92 Å². The predicted octanol–water partition coefficient (Wildman–Crippen LogP) is 3.48. The van der Waals surface area contributed by atoms with Gasteiger partial charge in [-0.25, -0.2) is 0 Å². The van der Waals surface area contributed by atoms with Crippen molar-refractivity contribution in [3.05, 3.63) is 41.2 Å². The van der Waals surface area contributed by atoms with E-state index >= 15 is 0 Å². The number of H-pyrrole nitrogens is 1. The number of nitrogens with one attached hydrogen (secondary N) is 2. The van der Waals surface area contributed by atoms with Crippen molar-refractivity contribution in [1.29, 1.82) is 0 Å². The molecule has 138 valence electrons. The standard InChI is InChI=1S/C19H24N4O2S/c1-25-16-9-7-15(8-10-16)18-21-22-19(26)23(18)12-11-17(24)20-13-14-5-3-2-4-6-14/h2-3,7-10,14H,4-6,11-13H2,1H3,(H,20,24)(H,22,26). The quantitative estimate of drug-likeness (QED) is 0.577. The largest absolute Gasteiger partial charge is 0.497 e. The van der Waals surface area contributed by atoms with Gasteiger partial charge in [0.05, 0.1) is 7.11 Å². The van der Waals surface area contributed by atoms with Crippen LogP contribution in [0, 0.1) is 10.7 Å². The molecule has 0 spiro atoms. The summed E-state index contributed by atoms with van der Waals surface area (Å²) in [5.41, 5.74) is 0.924. The topological polar surface area (TPSA) is 71.9 Å². The Hall–Kier alpha value is -2.41. The summed E-state index contributed by atoms with van der Waals surface area (Å²) in [4.78, 5) is 12.2. The number of hydrogen-bond acceptors (Lipinski definition) is 4. The van der Waals surface area contributed by atoms with Crippen LogP contribution < -0.4 is 10.1 Å². The van der Waals surface area contributed by atoms with E-state index < -0.39 is 0 Å². The van der Waals surface area contributed by atoms with Gasteiger partial charge in [-0.3, -0.25) is 14.5 Å². The van der Waals surface area contributed by atoms with Gasteiger partial charge < -0.3 is 10.1 Å². The number of aromatic amines is 1. The SMILES string of the molecule is COc1ccc(-c2n[nH]c(=S)n2CCC(=O)NCC2CC=CCC2)cc1. The second-order valence-electron chi connectivity index (χ2n) is 6.44. The minimum absolute atomic E-state index is 0.0448. The van der Waals surface area contributed by atoms with Crippen molar-refractivity contribution in [2.45, 2.75) is 32.2 Å². The normalized spacial score (nSPS) is 16.4. The lowest BCUT2D eigenvalue weighted by Gasteiger charge is -2.18. The molecule has 1 aliphatic rings. The number of aromatic nitrogens is 3. The van der Waals surface area contributed by atoms with E-state index in [-0.39, 0.29) is 5.91 Å². The highest BCUT2D eigenvalue weighted by Gasteiger charge is 2.13. The molecular weight excluding hydrogens is 348 g/mol. The molecule has 1 aliphatic carbocycles. The van der Waals surface area contributed by atoms with E-state index in [4.69, 9.17) is 17.0 Å². The van der Waals surface area contributed by atoms with Crippen molar-refractivity contribution >= 4 is 18.1 Å². The molecule has 1 amide bonds. The van der Waals surface area contributed by atoms with Gasteiger partial charge in [0.1, 0.15) is 5.75 Å². The Balaban J connectivity index is 1.59. The third-order valence-corrected chi connectivity index (χ3v) is 4.95. The number of rotatable bonds is 7. The van der Waals surface area contributed by atoms with Gasteiger partial charge in [-0.2, -0.15) is 5.10 Å². The first-order chi connectivity index (χ1) is 12.7. The average Bonchev–Trinajstić information content (AvgIpc) is 3.06. The van der Waals surface area contributed by atoms with Crippen LogP contribution in [0.3, 0.4) is 0 Å². The number of ether oxygens (including phenoxy) is 1. The van der Waals surface area contributed by atoms with Crippen molar-refractivity contribution in [1.82, 2.24) is 20.1 Å². The van der Waals surface area contributed by atoms with E-state index in [1.807, 2.05) is 28.8 Å².